The molecule has 0 unspecified atom stereocenters. The maximum Gasteiger partial charge on any atom is 0.313 e. The minimum absolute atomic E-state index is 0.0281. The quantitative estimate of drug-likeness (QED) is 0.472. The molecule has 0 saturated carbocycles. The van der Waals surface area contributed by atoms with Crippen molar-refractivity contribution < 1.29 is 18.9 Å². The Morgan fingerprint density at radius 2 is 2.28 bits per heavy atom. The molecule has 94 valence electrons. The summed E-state index contributed by atoms with van der Waals surface area (Å²) in [7, 11) is 0. The third-order valence-electron chi connectivity index (χ3n) is 2.41. The number of fused-ring (bicyclic) bond motifs is 1. The fraction of sp³-hybridized carbons (Fsp3) is 0.250. The summed E-state index contributed by atoms with van der Waals surface area (Å²) in [5.41, 5.74) is 0.356. The van der Waals surface area contributed by atoms with Crippen LogP contribution in [0.4, 0.5) is 5.69 Å². The average Bonchev–Trinajstić information content (AvgIpc) is 2.70. The molecule has 2 rings (SSSR count). The van der Waals surface area contributed by atoms with Gasteiger partial charge in [-0.2, -0.15) is 0 Å². The number of benzene rings is 1. The molecule has 0 aliphatic carbocycles. The average molecular weight is 249 g/mol. The Hall–Kier alpha value is -2.37. The van der Waals surface area contributed by atoms with Gasteiger partial charge in [0.05, 0.1) is 16.9 Å². The van der Waals surface area contributed by atoms with Crippen LogP contribution in [0.15, 0.2) is 28.7 Å². The van der Waals surface area contributed by atoms with Crippen LogP contribution in [0.5, 0.6) is 0 Å². The summed E-state index contributed by atoms with van der Waals surface area (Å²) < 4.78 is 10.2. The fourth-order valence-electron chi connectivity index (χ4n) is 1.70. The van der Waals surface area contributed by atoms with Crippen molar-refractivity contribution in [3.63, 3.8) is 0 Å². The Morgan fingerprint density at radius 1 is 1.50 bits per heavy atom. The van der Waals surface area contributed by atoms with E-state index in [9.17, 15) is 14.9 Å². The van der Waals surface area contributed by atoms with Gasteiger partial charge in [0.15, 0.2) is 0 Å². The Morgan fingerprint density at radius 3 is 2.94 bits per heavy atom. The number of carbonyl (C=O) groups is 1. The van der Waals surface area contributed by atoms with Crippen molar-refractivity contribution in [2.45, 2.75) is 13.3 Å². The molecule has 0 fully saturated rings. The van der Waals surface area contributed by atoms with Crippen LogP contribution in [-0.4, -0.2) is 17.5 Å². The molecule has 0 aliphatic heterocycles. The largest absolute Gasteiger partial charge is 0.466 e. The molecule has 0 atom stereocenters. The van der Waals surface area contributed by atoms with Gasteiger partial charge in [0.25, 0.3) is 5.69 Å². The number of esters is 1. The molecule has 18 heavy (non-hydrogen) atoms. The molecule has 0 aliphatic rings. The molecule has 0 N–H and O–H groups in total. The normalized spacial score (nSPS) is 10.5. The zero-order chi connectivity index (χ0) is 13.1. The van der Waals surface area contributed by atoms with Crippen LogP contribution >= 0.6 is 0 Å². The lowest BCUT2D eigenvalue weighted by atomic mass is 10.2. The summed E-state index contributed by atoms with van der Waals surface area (Å²) in [6.07, 6.45) is -0.0281. The van der Waals surface area contributed by atoms with Gasteiger partial charge < -0.3 is 9.15 Å². The van der Waals surface area contributed by atoms with E-state index in [1.807, 2.05) is 0 Å². The topological polar surface area (TPSA) is 82.6 Å². The standard InChI is InChI=1S/C12H11NO5/c1-2-17-12(14)7-8-6-9-10(13(15)16)4-3-5-11(9)18-8/h3-6H,2,7H2,1H3. The van der Waals surface area contributed by atoms with Crippen molar-refractivity contribution in [3.8, 4) is 0 Å². The van der Waals surface area contributed by atoms with Gasteiger partial charge in [0.2, 0.25) is 0 Å². The predicted molar refractivity (Wildman–Crippen MR) is 63.2 cm³/mol. The third-order valence-corrected chi connectivity index (χ3v) is 2.41. The summed E-state index contributed by atoms with van der Waals surface area (Å²) in [6.45, 7) is 2.00. The molecule has 1 heterocycles. The monoisotopic (exact) mass is 249 g/mol. The van der Waals surface area contributed by atoms with Crippen LogP contribution in [-0.2, 0) is 16.0 Å². The van der Waals surface area contributed by atoms with Gasteiger partial charge in [-0.15, -0.1) is 0 Å². The van der Waals surface area contributed by atoms with Crippen molar-refractivity contribution in [2.75, 3.05) is 6.61 Å². The molecule has 1 aromatic heterocycles. The minimum Gasteiger partial charge on any atom is -0.466 e. The number of hydrogen-bond donors (Lipinski definition) is 0. The number of furan rings is 1. The second-order valence-corrected chi connectivity index (χ2v) is 3.64. The van der Waals surface area contributed by atoms with E-state index in [1.54, 1.807) is 13.0 Å². The third kappa shape index (κ3) is 2.32. The summed E-state index contributed by atoms with van der Waals surface area (Å²) in [4.78, 5) is 21.6. The fourth-order valence-corrected chi connectivity index (χ4v) is 1.70. The summed E-state index contributed by atoms with van der Waals surface area (Å²) in [5.74, 6) is -0.0584. The van der Waals surface area contributed by atoms with E-state index >= 15 is 0 Å². The van der Waals surface area contributed by atoms with Crippen molar-refractivity contribution in [2.24, 2.45) is 0 Å². The number of ether oxygens (including phenoxy) is 1. The number of hydrogen-bond acceptors (Lipinski definition) is 5. The number of rotatable bonds is 4. The number of carbonyl (C=O) groups excluding carboxylic acids is 1. The molecule has 6 heteroatoms. The first-order valence-corrected chi connectivity index (χ1v) is 5.43. The molecule has 1 aromatic carbocycles. The molecule has 0 amide bonds. The van der Waals surface area contributed by atoms with Crippen molar-refractivity contribution in [1.82, 2.24) is 0 Å². The second kappa shape index (κ2) is 4.87. The minimum atomic E-state index is -0.480. The summed E-state index contributed by atoms with van der Waals surface area (Å²) >= 11 is 0. The first kappa shape index (κ1) is 12.1. The molecule has 0 bridgehead atoms. The highest BCUT2D eigenvalue weighted by atomic mass is 16.6. The zero-order valence-electron chi connectivity index (χ0n) is 9.71. The van der Waals surface area contributed by atoms with E-state index in [-0.39, 0.29) is 12.1 Å². The van der Waals surface area contributed by atoms with Crippen molar-refractivity contribution >= 4 is 22.6 Å². The Balaban J connectivity index is 2.35. The van der Waals surface area contributed by atoms with E-state index in [2.05, 4.69) is 0 Å². The van der Waals surface area contributed by atoms with Crippen LogP contribution in [0.25, 0.3) is 11.0 Å². The molecule has 6 nitrogen and oxygen atoms in total. The van der Waals surface area contributed by atoms with Crippen molar-refractivity contribution in [1.29, 1.82) is 0 Å². The highest BCUT2D eigenvalue weighted by Crippen LogP contribution is 2.28. The molecular weight excluding hydrogens is 238 g/mol. The lowest BCUT2D eigenvalue weighted by molar-refractivity contribution is -0.383. The maximum absolute atomic E-state index is 11.3. The van der Waals surface area contributed by atoms with Gasteiger partial charge in [0, 0.05) is 6.07 Å². The molecular formula is C12H11NO5. The van der Waals surface area contributed by atoms with Crippen LogP contribution in [0, 0.1) is 10.1 Å². The van der Waals surface area contributed by atoms with Gasteiger partial charge in [-0.25, -0.2) is 0 Å². The summed E-state index contributed by atoms with van der Waals surface area (Å²) in [5, 5.41) is 11.2. The van der Waals surface area contributed by atoms with E-state index in [1.165, 1.54) is 18.2 Å². The Bertz CT molecular complexity index is 602. The molecule has 0 radical (unpaired) electrons. The first-order chi connectivity index (χ1) is 8.61. The van der Waals surface area contributed by atoms with Crippen molar-refractivity contribution in [3.05, 3.63) is 40.1 Å². The zero-order valence-corrected chi connectivity index (χ0v) is 9.71. The van der Waals surface area contributed by atoms with Crippen LogP contribution in [0.1, 0.15) is 12.7 Å². The van der Waals surface area contributed by atoms with Gasteiger partial charge in [-0.3, -0.25) is 14.9 Å². The number of nitrogens with zero attached hydrogens (tertiary/aromatic N) is 1. The van der Waals surface area contributed by atoms with Crippen LogP contribution < -0.4 is 0 Å². The van der Waals surface area contributed by atoms with Crippen LogP contribution in [0.3, 0.4) is 0 Å². The van der Waals surface area contributed by atoms with E-state index < -0.39 is 10.9 Å². The molecule has 2 aromatic rings. The first-order valence-electron chi connectivity index (χ1n) is 5.43. The lowest BCUT2D eigenvalue weighted by Crippen LogP contribution is -2.06. The number of non-ortho nitro benzene ring substituents is 1. The molecule has 0 spiro atoms. The smallest absolute Gasteiger partial charge is 0.313 e. The highest BCUT2D eigenvalue weighted by Gasteiger charge is 2.17. The van der Waals surface area contributed by atoms with E-state index in [0.717, 1.165) is 0 Å². The van der Waals surface area contributed by atoms with Gasteiger partial charge in [-0.05, 0) is 19.1 Å². The van der Waals surface area contributed by atoms with Gasteiger partial charge in [0.1, 0.15) is 17.8 Å². The number of nitro groups is 1. The second-order valence-electron chi connectivity index (χ2n) is 3.64. The van der Waals surface area contributed by atoms with Crippen LogP contribution in [0.2, 0.25) is 0 Å². The SMILES string of the molecule is CCOC(=O)Cc1cc2c([N+](=O)[O-])cccc2o1. The number of nitro benzene ring substituents is 1. The van der Waals surface area contributed by atoms with E-state index in [0.29, 0.717) is 23.3 Å². The predicted octanol–water partition coefficient (Wildman–Crippen LogP) is 2.45. The molecule has 0 saturated heterocycles. The van der Waals surface area contributed by atoms with Gasteiger partial charge in [-0.1, -0.05) is 6.07 Å². The van der Waals surface area contributed by atoms with E-state index in [4.69, 9.17) is 9.15 Å². The highest BCUT2D eigenvalue weighted by molar-refractivity contribution is 5.88. The Kier molecular flexibility index (Phi) is 3.27. The lowest BCUT2D eigenvalue weighted by Gasteiger charge is -1.97. The summed E-state index contributed by atoms with van der Waals surface area (Å²) in [6, 6.07) is 6.06. The van der Waals surface area contributed by atoms with Gasteiger partial charge >= 0.3 is 5.97 Å². The Labute approximate surface area is 102 Å². The maximum atomic E-state index is 11.3.